The Morgan fingerprint density at radius 1 is 1.11 bits per heavy atom. The van der Waals surface area contributed by atoms with Gasteiger partial charge in [0.25, 0.3) is 5.56 Å². The van der Waals surface area contributed by atoms with Crippen LogP contribution in [0, 0.1) is 5.82 Å². The fraction of sp³-hybridized carbons (Fsp3) is 0.179. The highest BCUT2D eigenvalue weighted by atomic mass is 32.1. The molecule has 1 aliphatic rings. The average Bonchev–Trinajstić information content (AvgIpc) is 3.18. The Morgan fingerprint density at radius 3 is 2.53 bits per heavy atom. The van der Waals surface area contributed by atoms with Crippen LogP contribution in [0.15, 0.2) is 81.7 Å². The van der Waals surface area contributed by atoms with Gasteiger partial charge in [0.2, 0.25) is 0 Å². The molecule has 0 saturated heterocycles. The molecule has 4 aromatic rings. The van der Waals surface area contributed by atoms with Crippen molar-refractivity contribution in [2.45, 2.75) is 19.9 Å². The number of benzene rings is 3. The Kier molecular flexibility index (Phi) is 6.28. The number of hydrogen-bond donors (Lipinski definition) is 0. The van der Waals surface area contributed by atoms with Crippen LogP contribution >= 0.6 is 11.3 Å². The molecule has 3 aromatic carbocycles. The summed E-state index contributed by atoms with van der Waals surface area (Å²) in [5.41, 5.74) is 1.97. The van der Waals surface area contributed by atoms with Crippen LogP contribution in [-0.4, -0.2) is 24.3 Å². The minimum Gasteiger partial charge on any atom is -0.496 e. The van der Waals surface area contributed by atoms with E-state index >= 15 is 0 Å². The zero-order valence-corrected chi connectivity index (χ0v) is 20.8. The summed E-state index contributed by atoms with van der Waals surface area (Å²) in [6.07, 6.45) is 1.70. The molecule has 0 N–H and O–H groups in total. The number of nitrogens with zero attached hydrogens (tertiary/aromatic N) is 2. The van der Waals surface area contributed by atoms with Gasteiger partial charge in [-0.1, -0.05) is 53.8 Å². The number of halogens is 1. The highest BCUT2D eigenvalue weighted by Crippen LogP contribution is 2.37. The van der Waals surface area contributed by atoms with Gasteiger partial charge in [0.1, 0.15) is 11.6 Å². The smallest absolute Gasteiger partial charge is 0.338 e. The van der Waals surface area contributed by atoms with E-state index in [1.165, 1.54) is 23.5 Å². The quantitative estimate of drug-likeness (QED) is 0.386. The molecule has 36 heavy (non-hydrogen) atoms. The molecule has 1 aliphatic heterocycles. The Hall–Kier alpha value is -4.04. The van der Waals surface area contributed by atoms with Gasteiger partial charge in [-0.2, -0.15) is 0 Å². The second-order valence-corrected chi connectivity index (χ2v) is 9.27. The molecule has 1 unspecified atom stereocenters. The van der Waals surface area contributed by atoms with Gasteiger partial charge in [0.15, 0.2) is 4.80 Å². The first-order chi connectivity index (χ1) is 17.4. The van der Waals surface area contributed by atoms with Crippen molar-refractivity contribution in [2.75, 3.05) is 13.7 Å². The fourth-order valence-corrected chi connectivity index (χ4v) is 5.55. The predicted molar refractivity (Wildman–Crippen MR) is 137 cm³/mol. The summed E-state index contributed by atoms with van der Waals surface area (Å²) in [6.45, 7) is 3.69. The maximum absolute atomic E-state index is 13.8. The van der Waals surface area contributed by atoms with E-state index in [9.17, 15) is 14.0 Å². The molecule has 2 heterocycles. The predicted octanol–water partition coefficient (Wildman–Crippen LogP) is 4.10. The Balaban J connectivity index is 1.81. The second kappa shape index (κ2) is 9.54. The maximum atomic E-state index is 13.8. The first-order valence-electron chi connectivity index (χ1n) is 11.4. The van der Waals surface area contributed by atoms with E-state index in [1.54, 1.807) is 43.7 Å². The van der Waals surface area contributed by atoms with E-state index in [2.05, 4.69) is 4.99 Å². The number of rotatable bonds is 5. The lowest BCUT2D eigenvalue weighted by molar-refractivity contribution is -0.139. The first-order valence-corrected chi connectivity index (χ1v) is 12.3. The first kappa shape index (κ1) is 23.7. The molecule has 0 bridgehead atoms. The van der Waals surface area contributed by atoms with Crippen molar-refractivity contribution < 1.29 is 18.7 Å². The van der Waals surface area contributed by atoms with E-state index in [0.717, 1.165) is 16.3 Å². The number of fused-ring (bicyclic) bond motifs is 2. The SMILES string of the molecule is CCOC(=O)C1=C(C)N=c2s/c(=C/c3ccc(F)cc3)c(=O)n2C1c1ccc(OC)c2ccccc12. The number of aromatic nitrogens is 1. The van der Waals surface area contributed by atoms with Crippen LogP contribution < -0.4 is 19.6 Å². The van der Waals surface area contributed by atoms with Crippen LogP contribution in [0.2, 0.25) is 0 Å². The van der Waals surface area contributed by atoms with Crippen molar-refractivity contribution in [3.8, 4) is 5.75 Å². The second-order valence-electron chi connectivity index (χ2n) is 8.26. The van der Waals surface area contributed by atoms with Crippen molar-refractivity contribution in [3.05, 3.63) is 109 Å². The lowest BCUT2D eigenvalue weighted by atomic mass is 9.91. The lowest BCUT2D eigenvalue weighted by Crippen LogP contribution is -2.40. The van der Waals surface area contributed by atoms with Crippen LogP contribution in [0.5, 0.6) is 5.75 Å². The van der Waals surface area contributed by atoms with Crippen molar-refractivity contribution in [1.29, 1.82) is 0 Å². The molecule has 0 spiro atoms. The zero-order chi connectivity index (χ0) is 25.4. The van der Waals surface area contributed by atoms with Gasteiger partial charge in [0, 0.05) is 5.39 Å². The monoisotopic (exact) mass is 502 g/mol. The molecule has 0 amide bonds. The minimum absolute atomic E-state index is 0.195. The normalized spacial score (nSPS) is 15.6. The van der Waals surface area contributed by atoms with Crippen LogP contribution in [0.25, 0.3) is 16.8 Å². The molecule has 0 fully saturated rings. The summed E-state index contributed by atoms with van der Waals surface area (Å²) in [4.78, 5) is 32.0. The van der Waals surface area contributed by atoms with Gasteiger partial charge in [0.05, 0.1) is 35.6 Å². The highest BCUT2D eigenvalue weighted by molar-refractivity contribution is 7.07. The molecule has 0 saturated carbocycles. The molecule has 1 atom stereocenters. The van der Waals surface area contributed by atoms with Gasteiger partial charge < -0.3 is 9.47 Å². The summed E-state index contributed by atoms with van der Waals surface area (Å²) in [5, 5.41) is 1.72. The van der Waals surface area contributed by atoms with Crippen LogP contribution in [0.3, 0.4) is 0 Å². The van der Waals surface area contributed by atoms with E-state index in [4.69, 9.17) is 9.47 Å². The standard InChI is InChI=1S/C28H23FN2O4S/c1-4-35-27(33)24-16(2)30-28-31(26(32)23(36-28)15-17-9-11-18(29)12-10-17)25(24)21-13-14-22(34-3)20-8-6-5-7-19(20)21/h5-15,25H,4H2,1-3H3/b23-15+. The minimum atomic E-state index is -0.744. The molecule has 1 aromatic heterocycles. The number of ether oxygens (including phenoxy) is 2. The van der Waals surface area contributed by atoms with Gasteiger partial charge in [-0.3, -0.25) is 9.36 Å². The zero-order valence-electron chi connectivity index (χ0n) is 19.9. The third-order valence-corrected chi connectivity index (χ3v) is 7.10. The van der Waals surface area contributed by atoms with Gasteiger partial charge in [-0.15, -0.1) is 0 Å². The number of allylic oxidation sites excluding steroid dienone is 1. The summed E-state index contributed by atoms with van der Waals surface area (Å²) in [5.74, 6) is -0.178. The molecular formula is C28H23FN2O4S. The number of carbonyl (C=O) groups is 1. The molecule has 0 radical (unpaired) electrons. The van der Waals surface area contributed by atoms with E-state index in [-0.39, 0.29) is 18.0 Å². The van der Waals surface area contributed by atoms with Gasteiger partial charge in [-0.05, 0) is 54.6 Å². The summed E-state index contributed by atoms with van der Waals surface area (Å²) in [7, 11) is 1.61. The van der Waals surface area contributed by atoms with E-state index in [1.807, 2.05) is 36.4 Å². The van der Waals surface area contributed by atoms with E-state index in [0.29, 0.717) is 31.9 Å². The largest absolute Gasteiger partial charge is 0.496 e. The average molecular weight is 503 g/mol. The van der Waals surface area contributed by atoms with Crippen LogP contribution in [0.1, 0.15) is 31.0 Å². The molecular weight excluding hydrogens is 479 g/mol. The summed E-state index contributed by atoms with van der Waals surface area (Å²) >= 11 is 1.23. The Labute approximate surface area is 210 Å². The van der Waals surface area contributed by atoms with Gasteiger partial charge >= 0.3 is 5.97 Å². The molecule has 6 nitrogen and oxygen atoms in total. The van der Waals surface area contributed by atoms with Crippen molar-refractivity contribution in [3.63, 3.8) is 0 Å². The summed E-state index contributed by atoms with van der Waals surface area (Å²) < 4.78 is 26.3. The lowest BCUT2D eigenvalue weighted by Gasteiger charge is -2.26. The topological polar surface area (TPSA) is 69.9 Å². The Bertz CT molecular complexity index is 1700. The Morgan fingerprint density at radius 2 is 1.83 bits per heavy atom. The molecule has 8 heteroatoms. The molecule has 182 valence electrons. The number of carbonyl (C=O) groups excluding carboxylic acids is 1. The number of thiazole rings is 1. The maximum Gasteiger partial charge on any atom is 0.338 e. The third kappa shape index (κ3) is 4.03. The number of methoxy groups -OCH3 is 1. The molecule has 0 aliphatic carbocycles. The van der Waals surface area contributed by atoms with Crippen LogP contribution in [-0.2, 0) is 9.53 Å². The highest BCUT2D eigenvalue weighted by Gasteiger charge is 2.34. The van der Waals surface area contributed by atoms with Gasteiger partial charge in [-0.25, -0.2) is 14.2 Å². The van der Waals surface area contributed by atoms with Crippen LogP contribution in [0.4, 0.5) is 4.39 Å². The van der Waals surface area contributed by atoms with Crippen molar-refractivity contribution in [1.82, 2.24) is 4.57 Å². The number of hydrogen-bond acceptors (Lipinski definition) is 6. The van der Waals surface area contributed by atoms with E-state index < -0.39 is 12.0 Å². The van der Waals surface area contributed by atoms with Crippen molar-refractivity contribution in [2.24, 2.45) is 4.99 Å². The number of esters is 1. The van der Waals surface area contributed by atoms with Crippen molar-refractivity contribution >= 4 is 34.2 Å². The fourth-order valence-electron chi connectivity index (χ4n) is 4.51. The third-order valence-electron chi connectivity index (χ3n) is 6.12. The summed E-state index contributed by atoms with van der Waals surface area (Å²) in [6, 6.07) is 16.6. The molecule has 5 rings (SSSR count).